The van der Waals surface area contributed by atoms with Crippen LogP contribution in [0.3, 0.4) is 0 Å². The van der Waals surface area contributed by atoms with Crippen LogP contribution >= 0.6 is 0 Å². The summed E-state index contributed by atoms with van der Waals surface area (Å²) in [7, 11) is 0. The molecule has 2 aromatic carbocycles. The number of quaternary nitrogens is 1. The standard InChI is InChI=1S/C24H32N3/c1-3-21-5-9-23(10-6-21)19-27(17-15-25-13-14-26-16-18-27)20-24-11-7-22(4-2)8-12-24/h3-12,25-26H,1-2,13-20H2/q+1. The summed E-state index contributed by atoms with van der Waals surface area (Å²) < 4.78 is 1.06. The van der Waals surface area contributed by atoms with Crippen LogP contribution in [0.2, 0.25) is 0 Å². The van der Waals surface area contributed by atoms with Gasteiger partial charge in [-0.1, -0.05) is 73.8 Å². The Bertz CT molecular complexity index is 666. The third kappa shape index (κ3) is 5.64. The topological polar surface area (TPSA) is 24.1 Å². The first-order valence-electron chi connectivity index (χ1n) is 9.92. The van der Waals surface area contributed by atoms with Crippen LogP contribution < -0.4 is 10.6 Å². The fourth-order valence-electron chi connectivity index (χ4n) is 3.84. The molecule has 0 spiro atoms. The molecule has 0 aromatic heterocycles. The van der Waals surface area contributed by atoms with Crippen molar-refractivity contribution >= 4 is 12.2 Å². The zero-order valence-electron chi connectivity index (χ0n) is 16.3. The Hall–Kier alpha value is -2.20. The molecule has 1 aliphatic heterocycles. The quantitative estimate of drug-likeness (QED) is 0.766. The lowest BCUT2D eigenvalue weighted by atomic mass is 10.1. The minimum Gasteiger partial charge on any atom is -0.314 e. The summed E-state index contributed by atoms with van der Waals surface area (Å²) in [6.07, 6.45) is 3.81. The SMILES string of the molecule is C=Cc1ccc(C[N+]2(Cc3ccc(C=C)cc3)CCNCCNCC2)cc1. The van der Waals surface area contributed by atoms with Crippen molar-refractivity contribution in [2.75, 3.05) is 39.3 Å². The van der Waals surface area contributed by atoms with E-state index in [9.17, 15) is 0 Å². The van der Waals surface area contributed by atoms with Crippen molar-refractivity contribution in [3.05, 3.63) is 83.9 Å². The van der Waals surface area contributed by atoms with Gasteiger partial charge >= 0.3 is 0 Å². The van der Waals surface area contributed by atoms with Gasteiger partial charge in [0.15, 0.2) is 0 Å². The van der Waals surface area contributed by atoms with Gasteiger partial charge < -0.3 is 15.1 Å². The van der Waals surface area contributed by atoms with Crippen LogP contribution in [0.25, 0.3) is 12.2 Å². The zero-order chi connectivity index (χ0) is 19.0. The zero-order valence-corrected chi connectivity index (χ0v) is 16.3. The van der Waals surface area contributed by atoms with Gasteiger partial charge in [-0.25, -0.2) is 0 Å². The first kappa shape index (κ1) is 19.6. The molecule has 2 N–H and O–H groups in total. The lowest BCUT2D eigenvalue weighted by Crippen LogP contribution is -2.52. The van der Waals surface area contributed by atoms with Crippen LogP contribution in [-0.2, 0) is 13.1 Å². The molecule has 0 saturated carbocycles. The molecule has 0 amide bonds. The molecule has 3 nitrogen and oxygen atoms in total. The van der Waals surface area contributed by atoms with Gasteiger partial charge in [0.1, 0.15) is 13.1 Å². The van der Waals surface area contributed by atoms with Crippen molar-refractivity contribution in [2.45, 2.75) is 13.1 Å². The lowest BCUT2D eigenvalue weighted by Gasteiger charge is -2.39. The molecule has 2 aromatic rings. The van der Waals surface area contributed by atoms with Crippen LogP contribution in [0.15, 0.2) is 61.7 Å². The first-order valence-corrected chi connectivity index (χ1v) is 9.92. The van der Waals surface area contributed by atoms with Gasteiger partial charge in [0.05, 0.1) is 13.1 Å². The average Bonchev–Trinajstić information content (AvgIpc) is 2.82. The van der Waals surface area contributed by atoms with E-state index in [4.69, 9.17) is 0 Å². The summed E-state index contributed by atoms with van der Waals surface area (Å²) >= 11 is 0. The van der Waals surface area contributed by atoms with Gasteiger partial charge in [-0.15, -0.1) is 0 Å². The Kier molecular flexibility index (Phi) is 6.99. The molecule has 1 aliphatic rings. The van der Waals surface area contributed by atoms with Crippen molar-refractivity contribution in [1.29, 1.82) is 0 Å². The Morgan fingerprint density at radius 1 is 0.667 bits per heavy atom. The molecule has 3 rings (SSSR count). The average molecular weight is 363 g/mol. The van der Waals surface area contributed by atoms with Crippen molar-refractivity contribution in [3.63, 3.8) is 0 Å². The molecule has 0 unspecified atom stereocenters. The first-order chi connectivity index (χ1) is 13.2. The largest absolute Gasteiger partial charge is 0.314 e. The highest BCUT2D eigenvalue weighted by atomic mass is 15.4. The third-order valence-electron chi connectivity index (χ3n) is 5.47. The Labute approximate surface area is 164 Å². The summed E-state index contributed by atoms with van der Waals surface area (Å²) in [5.74, 6) is 0. The predicted molar refractivity (Wildman–Crippen MR) is 116 cm³/mol. The summed E-state index contributed by atoms with van der Waals surface area (Å²) in [6, 6.07) is 17.7. The normalized spacial score (nSPS) is 17.3. The fourth-order valence-corrected chi connectivity index (χ4v) is 3.84. The number of rotatable bonds is 6. The maximum absolute atomic E-state index is 3.87. The van der Waals surface area contributed by atoms with E-state index in [1.165, 1.54) is 22.3 Å². The lowest BCUT2D eigenvalue weighted by molar-refractivity contribution is -0.951. The second kappa shape index (κ2) is 9.65. The van der Waals surface area contributed by atoms with Gasteiger partial charge in [0, 0.05) is 37.3 Å². The molecular weight excluding hydrogens is 330 g/mol. The van der Waals surface area contributed by atoms with Crippen LogP contribution in [-0.4, -0.2) is 43.8 Å². The molecule has 1 heterocycles. The minimum atomic E-state index is 1.04. The Balaban J connectivity index is 1.85. The molecule has 1 fully saturated rings. The number of benzene rings is 2. The van der Waals surface area contributed by atoms with Gasteiger partial charge in [-0.3, -0.25) is 0 Å². The van der Waals surface area contributed by atoms with E-state index in [0.29, 0.717) is 0 Å². The van der Waals surface area contributed by atoms with E-state index in [1.54, 1.807) is 0 Å². The molecule has 3 heteroatoms. The summed E-state index contributed by atoms with van der Waals surface area (Å²) in [6.45, 7) is 16.3. The molecule has 27 heavy (non-hydrogen) atoms. The molecule has 0 radical (unpaired) electrons. The van der Waals surface area contributed by atoms with Crippen LogP contribution in [0, 0.1) is 0 Å². The molecule has 1 saturated heterocycles. The highest BCUT2D eigenvalue weighted by Gasteiger charge is 2.28. The second-order valence-corrected chi connectivity index (χ2v) is 7.50. The van der Waals surface area contributed by atoms with Gasteiger partial charge in [-0.2, -0.15) is 0 Å². The third-order valence-corrected chi connectivity index (χ3v) is 5.47. The molecule has 0 atom stereocenters. The molecule has 0 bridgehead atoms. The predicted octanol–water partition coefficient (Wildman–Crippen LogP) is 3.68. The molecular formula is C24H32N3+. The van der Waals surface area contributed by atoms with Crippen molar-refractivity contribution in [2.24, 2.45) is 0 Å². The minimum absolute atomic E-state index is 1.04. The van der Waals surface area contributed by atoms with Gasteiger partial charge in [0.2, 0.25) is 0 Å². The highest BCUT2D eigenvalue weighted by Crippen LogP contribution is 2.21. The maximum atomic E-state index is 3.87. The van der Waals surface area contributed by atoms with E-state index in [-0.39, 0.29) is 0 Å². The van der Waals surface area contributed by atoms with E-state index in [0.717, 1.165) is 56.8 Å². The summed E-state index contributed by atoms with van der Waals surface area (Å²) in [5, 5.41) is 7.17. The van der Waals surface area contributed by atoms with Crippen molar-refractivity contribution < 1.29 is 4.48 Å². The van der Waals surface area contributed by atoms with E-state index >= 15 is 0 Å². The number of nitrogens with zero attached hydrogens (tertiary/aromatic N) is 1. The highest BCUT2D eigenvalue weighted by molar-refractivity contribution is 5.47. The van der Waals surface area contributed by atoms with E-state index in [1.807, 2.05) is 12.2 Å². The van der Waals surface area contributed by atoms with Crippen molar-refractivity contribution in [3.8, 4) is 0 Å². The summed E-state index contributed by atoms with van der Waals surface area (Å²) in [5.41, 5.74) is 5.14. The molecule has 142 valence electrons. The Morgan fingerprint density at radius 2 is 1.07 bits per heavy atom. The van der Waals surface area contributed by atoms with Gasteiger partial charge in [-0.05, 0) is 11.1 Å². The fraction of sp³-hybridized carbons (Fsp3) is 0.333. The van der Waals surface area contributed by atoms with E-state index in [2.05, 4.69) is 72.3 Å². The van der Waals surface area contributed by atoms with Crippen molar-refractivity contribution in [1.82, 2.24) is 10.6 Å². The van der Waals surface area contributed by atoms with Gasteiger partial charge in [0.25, 0.3) is 0 Å². The summed E-state index contributed by atoms with van der Waals surface area (Å²) in [4.78, 5) is 0. The van der Waals surface area contributed by atoms with Crippen LogP contribution in [0.5, 0.6) is 0 Å². The monoisotopic (exact) mass is 362 g/mol. The Morgan fingerprint density at radius 3 is 1.44 bits per heavy atom. The number of hydrogen-bond acceptors (Lipinski definition) is 2. The maximum Gasteiger partial charge on any atom is 0.105 e. The van der Waals surface area contributed by atoms with Crippen LogP contribution in [0.4, 0.5) is 0 Å². The number of nitrogens with one attached hydrogen (secondary N) is 2. The van der Waals surface area contributed by atoms with Crippen LogP contribution in [0.1, 0.15) is 22.3 Å². The molecule has 0 aliphatic carbocycles. The second-order valence-electron chi connectivity index (χ2n) is 7.50. The van der Waals surface area contributed by atoms with E-state index < -0.39 is 0 Å². The number of hydrogen-bond donors (Lipinski definition) is 2. The smallest absolute Gasteiger partial charge is 0.105 e.